The third-order valence-corrected chi connectivity index (χ3v) is 5.21. The van der Waals surface area contributed by atoms with Gasteiger partial charge < -0.3 is 10.6 Å². The average molecular weight is 343 g/mol. The number of rotatable bonds is 6. The maximum atomic E-state index is 13.0. The first-order valence-corrected chi connectivity index (χ1v) is 8.28. The summed E-state index contributed by atoms with van der Waals surface area (Å²) in [4.78, 5) is 14.8. The van der Waals surface area contributed by atoms with Crippen molar-refractivity contribution in [2.75, 3.05) is 19.6 Å². The number of nitrogens with two attached hydrogens (primary N) is 1. The molecule has 1 saturated heterocycles. The van der Waals surface area contributed by atoms with Crippen LogP contribution in [0.3, 0.4) is 0 Å². The van der Waals surface area contributed by atoms with E-state index in [2.05, 4.69) is 0 Å². The normalized spacial score (nSPS) is 17.9. The molecule has 0 aliphatic carbocycles. The zero-order chi connectivity index (χ0) is 16.2. The first kappa shape index (κ1) is 19.9. The van der Waals surface area contributed by atoms with E-state index in [1.807, 2.05) is 30.9 Å². The van der Waals surface area contributed by atoms with Crippen LogP contribution in [0, 0.1) is 17.2 Å². The van der Waals surface area contributed by atoms with Crippen LogP contribution in [0.15, 0.2) is 24.3 Å². The maximum Gasteiger partial charge on any atom is 0.230 e. The first-order valence-electron chi connectivity index (χ1n) is 8.28. The Labute approximate surface area is 144 Å². The smallest absolute Gasteiger partial charge is 0.230 e. The number of halogens is 2. The van der Waals surface area contributed by atoms with E-state index in [1.165, 1.54) is 12.1 Å². The van der Waals surface area contributed by atoms with Gasteiger partial charge in [-0.05, 0) is 49.3 Å². The Morgan fingerprint density at radius 3 is 2.43 bits per heavy atom. The summed E-state index contributed by atoms with van der Waals surface area (Å²) < 4.78 is 13.0. The van der Waals surface area contributed by atoms with Crippen LogP contribution in [0.2, 0.25) is 0 Å². The van der Waals surface area contributed by atoms with Crippen LogP contribution in [0.25, 0.3) is 0 Å². The number of carbonyl (C=O) groups is 1. The van der Waals surface area contributed by atoms with Gasteiger partial charge in [0.2, 0.25) is 5.91 Å². The van der Waals surface area contributed by atoms with Gasteiger partial charge in [-0.1, -0.05) is 26.0 Å². The molecule has 3 nitrogen and oxygen atoms in total. The van der Waals surface area contributed by atoms with Crippen molar-refractivity contribution in [2.24, 2.45) is 17.1 Å². The molecular weight excluding hydrogens is 315 g/mol. The van der Waals surface area contributed by atoms with Crippen LogP contribution in [0.1, 0.15) is 38.7 Å². The Morgan fingerprint density at radius 1 is 1.30 bits per heavy atom. The summed E-state index contributed by atoms with van der Waals surface area (Å²) in [6.45, 7) is 6.10. The number of hydrogen-bond acceptors (Lipinski definition) is 2. The minimum absolute atomic E-state index is 0. The molecule has 1 aliphatic heterocycles. The highest BCUT2D eigenvalue weighted by Crippen LogP contribution is 2.31. The largest absolute Gasteiger partial charge is 0.342 e. The summed E-state index contributed by atoms with van der Waals surface area (Å²) >= 11 is 0. The second kappa shape index (κ2) is 8.65. The van der Waals surface area contributed by atoms with E-state index in [-0.39, 0.29) is 24.1 Å². The van der Waals surface area contributed by atoms with E-state index >= 15 is 0 Å². The molecule has 0 radical (unpaired) electrons. The second-order valence-corrected chi connectivity index (χ2v) is 6.43. The molecule has 130 valence electrons. The van der Waals surface area contributed by atoms with Crippen LogP contribution in [-0.4, -0.2) is 30.4 Å². The molecule has 1 aromatic rings. The SMILES string of the molecule is CCC(CC)(CN)C(=O)N1CCC(Cc2ccc(F)cc2)C1.Cl. The summed E-state index contributed by atoms with van der Waals surface area (Å²) in [5.41, 5.74) is 6.62. The molecule has 1 atom stereocenters. The van der Waals surface area contributed by atoms with E-state index in [4.69, 9.17) is 5.73 Å². The van der Waals surface area contributed by atoms with E-state index in [0.717, 1.165) is 44.3 Å². The highest BCUT2D eigenvalue weighted by atomic mass is 35.5. The van der Waals surface area contributed by atoms with Gasteiger partial charge in [-0.3, -0.25) is 4.79 Å². The number of hydrogen-bond donors (Lipinski definition) is 1. The third-order valence-electron chi connectivity index (χ3n) is 5.21. The van der Waals surface area contributed by atoms with Crippen molar-refractivity contribution in [2.45, 2.75) is 39.5 Å². The van der Waals surface area contributed by atoms with Crippen LogP contribution in [-0.2, 0) is 11.2 Å². The zero-order valence-corrected chi connectivity index (χ0v) is 14.9. The lowest BCUT2D eigenvalue weighted by atomic mass is 9.81. The van der Waals surface area contributed by atoms with Crippen LogP contribution < -0.4 is 5.73 Å². The van der Waals surface area contributed by atoms with E-state index < -0.39 is 5.41 Å². The molecule has 1 amide bonds. The van der Waals surface area contributed by atoms with Gasteiger partial charge in [0, 0.05) is 19.6 Å². The second-order valence-electron chi connectivity index (χ2n) is 6.43. The summed E-state index contributed by atoms with van der Waals surface area (Å²) in [5, 5.41) is 0. The molecule has 1 fully saturated rings. The topological polar surface area (TPSA) is 46.3 Å². The molecule has 2 rings (SSSR count). The summed E-state index contributed by atoms with van der Waals surface area (Å²) in [7, 11) is 0. The lowest BCUT2D eigenvalue weighted by Crippen LogP contribution is -2.46. The first-order chi connectivity index (χ1) is 10.5. The summed E-state index contributed by atoms with van der Waals surface area (Å²) in [6, 6.07) is 6.67. The number of carbonyl (C=O) groups excluding carboxylic acids is 1. The fourth-order valence-corrected chi connectivity index (χ4v) is 3.40. The zero-order valence-electron chi connectivity index (χ0n) is 14.1. The molecule has 1 aliphatic rings. The predicted molar refractivity (Wildman–Crippen MR) is 94.1 cm³/mol. The fourth-order valence-electron chi connectivity index (χ4n) is 3.40. The van der Waals surface area contributed by atoms with Gasteiger partial charge in [-0.2, -0.15) is 0 Å². The van der Waals surface area contributed by atoms with Gasteiger partial charge in [0.25, 0.3) is 0 Å². The molecule has 2 N–H and O–H groups in total. The Hall–Kier alpha value is -1.13. The van der Waals surface area contributed by atoms with Gasteiger partial charge in [0.05, 0.1) is 5.41 Å². The van der Waals surface area contributed by atoms with Crippen LogP contribution in [0.4, 0.5) is 4.39 Å². The minimum atomic E-state index is -0.398. The van der Waals surface area contributed by atoms with Gasteiger partial charge >= 0.3 is 0 Å². The molecule has 0 bridgehead atoms. The number of benzene rings is 1. The van der Waals surface area contributed by atoms with Crippen molar-refractivity contribution in [1.82, 2.24) is 4.90 Å². The lowest BCUT2D eigenvalue weighted by molar-refractivity contribution is -0.141. The molecule has 1 unspecified atom stereocenters. The summed E-state index contributed by atoms with van der Waals surface area (Å²) in [5.74, 6) is 0.464. The average Bonchev–Trinajstić information content (AvgIpc) is 3.00. The number of amides is 1. The molecule has 0 saturated carbocycles. The Balaban J connectivity index is 0.00000264. The Kier molecular flexibility index (Phi) is 7.49. The molecule has 0 aromatic heterocycles. The van der Waals surface area contributed by atoms with Crippen molar-refractivity contribution in [3.8, 4) is 0 Å². The quantitative estimate of drug-likeness (QED) is 0.861. The molecule has 23 heavy (non-hydrogen) atoms. The van der Waals surface area contributed by atoms with Crippen molar-refractivity contribution < 1.29 is 9.18 Å². The van der Waals surface area contributed by atoms with Crippen molar-refractivity contribution in [1.29, 1.82) is 0 Å². The van der Waals surface area contributed by atoms with Gasteiger partial charge in [0.1, 0.15) is 5.82 Å². The third kappa shape index (κ3) is 4.45. The molecule has 5 heteroatoms. The highest BCUT2D eigenvalue weighted by Gasteiger charge is 2.39. The Morgan fingerprint density at radius 2 is 1.91 bits per heavy atom. The minimum Gasteiger partial charge on any atom is -0.342 e. The van der Waals surface area contributed by atoms with Crippen LogP contribution in [0.5, 0.6) is 0 Å². The van der Waals surface area contributed by atoms with Crippen molar-refractivity contribution in [3.05, 3.63) is 35.6 Å². The Bertz CT molecular complexity index is 494. The van der Waals surface area contributed by atoms with Gasteiger partial charge in [-0.25, -0.2) is 4.39 Å². The highest BCUT2D eigenvalue weighted by molar-refractivity contribution is 5.85. The molecular formula is C18H28ClFN2O. The monoisotopic (exact) mass is 342 g/mol. The van der Waals surface area contributed by atoms with Crippen molar-refractivity contribution >= 4 is 18.3 Å². The van der Waals surface area contributed by atoms with E-state index in [1.54, 1.807) is 0 Å². The number of likely N-dealkylation sites (tertiary alicyclic amines) is 1. The fraction of sp³-hybridized carbons (Fsp3) is 0.611. The van der Waals surface area contributed by atoms with E-state index in [9.17, 15) is 9.18 Å². The summed E-state index contributed by atoms with van der Waals surface area (Å²) in [6.07, 6.45) is 3.49. The standard InChI is InChI=1S/C18H27FN2O.ClH/c1-3-18(4-2,13-20)17(22)21-10-9-15(12-21)11-14-5-7-16(19)8-6-14;/h5-8,15H,3-4,9-13,20H2,1-2H3;1H. The molecule has 1 heterocycles. The van der Waals surface area contributed by atoms with Gasteiger partial charge in [-0.15, -0.1) is 12.4 Å². The van der Waals surface area contributed by atoms with Crippen LogP contribution >= 0.6 is 12.4 Å². The van der Waals surface area contributed by atoms with E-state index in [0.29, 0.717) is 12.5 Å². The molecule has 0 spiro atoms. The lowest BCUT2D eigenvalue weighted by Gasteiger charge is -2.33. The van der Waals surface area contributed by atoms with Crippen molar-refractivity contribution in [3.63, 3.8) is 0 Å². The molecule has 1 aromatic carbocycles. The van der Waals surface area contributed by atoms with Gasteiger partial charge in [0.15, 0.2) is 0 Å². The maximum absolute atomic E-state index is 13.0. The number of nitrogens with zero attached hydrogens (tertiary/aromatic N) is 1. The predicted octanol–water partition coefficient (Wildman–Crippen LogP) is 3.40.